The standard InChI is InChI=1S/C86H164N2O21/c1-4-6-8-10-12-14-16-18-20-22-24-26-28-30-31-32-33-34-36-38-40-42-44-46-48-50-52-54-56-58-60-73(96)88-67(68(93)59-57-55-53-51-49-47-45-43-41-39-37-35-29-27-25-23-21-19-17-15-13-11-9-7-5-2)65-104-83-78(100)77(99)80(72(64-91)106-83)107-84-79(101)82(76(98)71(63-90)105-84)109-86(85(102)103)61-69(94)74(87-66(3)92)81(108-86)75(97)70(95)62-89/h67-72,74-84,89-91,93-95,97-101H,4-65H2,1-3H3,(H,87,92)(H,88,96)(H,102,103). The van der Waals surface area contributed by atoms with E-state index in [1.54, 1.807) is 0 Å². The highest BCUT2D eigenvalue weighted by Crippen LogP contribution is 2.39. The van der Waals surface area contributed by atoms with Crippen molar-refractivity contribution in [3.63, 3.8) is 0 Å². The van der Waals surface area contributed by atoms with E-state index < -0.39 is 148 Å². The van der Waals surface area contributed by atoms with Crippen molar-refractivity contribution in [3.8, 4) is 0 Å². The average Bonchev–Trinajstić information content (AvgIpc) is 0.753. The highest BCUT2D eigenvalue weighted by molar-refractivity contribution is 5.77. The number of carboxylic acid groups (broad SMARTS) is 1. The van der Waals surface area contributed by atoms with Gasteiger partial charge in [0.1, 0.15) is 67.1 Å². The van der Waals surface area contributed by atoms with Crippen LogP contribution in [0.25, 0.3) is 0 Å². The van der Waals surface area contributed by atoms with Crippen molar-refractivity contribution in [2.24, 2.45) is 0 Å². The van der Waals surface area contributed by atoms with Crippen molar-refractivity contribution in [3.05, 3.63) is 0 Å². The fraction of sp³-hybridized carbons (Fsp3) is 0.965. The Hall–Kier alpha value is -2.27. The summed E-state index contributed by atoms with van der Waals surface area (Å²) >= 11 is 0. The number of aliphatic hydroxyl groups excluding tert-OH is 11. The minimum atomic E-state index is -3.08. The molecule has 18 atom stereocenters. The zero-order valence-corrected chi connectivity index (χ0v) is 68.7. The van der Waals surface area contributed by atoms with Gasteiger partial charge in [-0.15, -0.1) is 0 Å². The lowest BCUT2D eigenvalue weighted by molar-refractivity contribution is -0.386. The second-order valence-corrected chi connectivity index (χ2v) is 32.8. The van der Waals surface area contributed by atoms with Crippen LogP contribution in [0.4, 0.5) is 0 Å². The Morgan fingerprint density at radius 1 is 0.440 bits per heavy atom. The molecule has 3 fully saturated rings. The zero-order valence-electron chi connectivity index (χ0n) is 68.7. The Kier molecular flexibility index (Phi) is 60.0. The molecule has 3 aliphatic heterocycles. The van der Waals surface area contributed by atoms with Crippen molar-refractivity contribution in [1.82, 2.24) is 10.6 Å². The fourth-order valence-corrected chi connectivity index (χ4v) is 16.0. The minimum Gasteiger partial charge on any atom is -0.477 e. The second kappa shape index (κ2) is 64.8. The Morgan fingerprint density at radius 3 is 1.15 bits per heavy atom. The van der Waals surface area contributed by atoms with E-state index in [0.717, 1.165) is 51.9 Å². The normalized spacial score (nSPS) is 25.7. The van der Waals surface area contributed by atoms with Crippen LogP contribution in [0.3, 0.4) is 0 Å². The van der Waals surface area contributed by atoms with Gasteiger partial charge in [-0.25, -0.2) is 4.79 Å². The lowest BCUT2D eigenvalue weighted by Crippen LogP contribution is -2.70. The third kappa shape index (κ3) is 44.0. The first-order chi connectivity index (χ1) is 52.9. The Bertz CT molecular complexity index is 2160. The summed E-state index contributed by atoms with van der Waals surface area (Å²) in [4.78, 5) is 38.8. The predicted molar refractivity (Wildman–Crippen MR) is 426 cm³/mol. The van der Waals surface area contributed by atoms with Gasteiger partial charge in [0.15, 0.2) is 12.6 Å². The van der Waals surface area contributed by atoms with Gasteiger partial charge in [-0.1, -0.05) is 361 Å². The molecule has 18 unspecified atom stereocenters. The quantitative estimate of drug-likeness (QED) is 0.0252. The van der Waals surface area contributed by atoms with Crippen LogP contribution in [0.5, 0.6) is 0 Å². The maximum atomic E-state index is 13.6. The number of carbonyl (C=O) groups is 3. The van der Waals surface area contributed by atoms with Crippen molar-refractivity contribution < 1.29 is 104 Å². The number of ether oxygens (including phenoxy) is 6. The van der Waals surface area contributed by atoms with Crippen LogP contribution < -0.4 is 10.6 Å². The highest BCUT2D eigenvalue weighted by atomic mass is 16.8. The number of aliphatic carboxylic acids is 1. The first-order valence-electron chi connectivity index (χ1n) is 44.9. The Balaban J connectivity index is 1.45. The summed E-state index contributed by atoms with van der Waals surface area (Å²) in [6.07, 6.45) is 42.5. The molecular formula is C86H164N2O21. The summed E-state index contributed by atoms with van der Waals surface area (Å²) in [6.45, 7) is 2.30. The largest absolute Gasteiger partial charge is 0.477 e. The third-order valence-electron chi connectivity index (χ3n) is 23.1. The van der Waals surface area contributed by atoms with Crippen molar-refractivity contribution in [1.29, 1.82) is 0 Å². The molecule has 3 heterocycles. The van der Waals surface area contributed by atoms with E-state index in [4.69, 9.17) is 28.4 Å². The lowest BCUT2D eigenvalue weighted by Gasteiger charge is -2.50. The van der Waals surface area contributed by atoms with E-state index in [1.165, 1.54) is 295 Å². The minimum absolute atomic E-state index is 0.230. The Morgan fingerprint density at radius 2 is 0.798 bits per heavy atom. The molecular weight excluding hydrogens is 1400 g/mol. The molecule has 2 amide bonds. The first kappa shape index (κ1) is 101. The fourth-order valence-electron chi connectivity index (χ4n) is 16.0. The summed E-state index contributed by atoms with van der Waals surface area (Å²) in [5.74, 6) is -6.08. The van der Waals surface area contributed by atoms with Crippen LogP contribution in [-0.4, -0.2) is 215 Å². The van der Waals surface area contributed by atoms with Gasteiger partial charge in [0.2, 0.25) is 11.8 Å². The molecule has 0 saturated carbocycles. The molecule has 0 aromatic rings. The third-order valence-corrected chi connectivity index (χ3v) is 23.1. The molecule has 23 heteroatoms. The SMILES string of the molecule is CCCCCCCCCCCCCCCCCCCCCCCCCCCCCCCCC(=O)NC(COC1OC(CO)C(OC2OC(CO)C(O)C(OC3(C(=O)O)CC(O)C(NC(C)=O)C(C(O)C(O)CO)O3)C2O)C(O)C1O)C(O)CCCCCCCCCCCCCCCCCCCCCCCCCCC. The van der Waals surface area contributed by atoms with Crippen molar-refractivity contribution in [2.75, 3.05) is 26.4 Å². The zero-order chi connectivity index (χ0) is 79.5. The number of rotatable bonds is 73. The number of carboxylic acids is 1. The van der Waals surface area contributed by atoms with E-state index >= 15 is 0 Å². The molecule has 0 aromatic heterocycles. The molecule has 23 nitrogen and oxygen atoms in total. The van der Waals surface area contributed by atoms with Gasteiger partial charge in [-0.3, -0.25) is 9.59 Å². The smallest absolute Gasteiger partial charge is 0.364 e. The highest BCUT2D eigenvalue weighted by Gasteiger charge is 2.60. The molecule has 0 spiro atoms. The maximum Gasteiger partial charge on any atom is 0.364 e. The van der Waals surface area contributed by atoms with E-state index in [-0.39, 0.29) is 18.9 Å². The van der Waals surface area contributed by atoms with E-state index in [1.807, 2.05) is 0 Å². The number of unbranched alkanes of at least 4 members (excludes halogenated alkanes) is 53. The van der Waals surface area contributed by atoms with Gasteiger partial charge in [-0.05, 0) is 12.8 Å². The van der Waals surface area contributed by atoms with Gasteiger partial charge in [0, 0.05) is 19.8 Å². The number of aliphatic hydroxyl groups is 11. The van der Waals surface area contributed by atoms with Gasteiger partial charge < -0.3 is 100 Å². The van der Waals surface area contributed by atoms with Crippen molar-refractivity contribution >= 4 is 17.8 Å². The Labute approximate surface area is 659 Å². The van der Waals surface area contributed by atoms with Gasteiger partial charge in [-0.2, -0.15) is 0 Å². The number of nitrogens with one attached hydrogen (secondary N) is 2. The molecule has 0 bridgehead atoms. The van der Waals surface area contributed by atoms with Gasteiger partial charge >= 0.3 is 5.97 Å². The molecule has 14 N–H and O–H groups in total. The molecule has 0 aliphatic carbocycles. The van der Waals surface area contributed by atoms with Crippen LogP contribution >= 0.6 is 0 Å². The van der Waals surface area contributed by atoms with E-state index in [2.05, 4.69) is 24.5 Å². The van der Waals surface area contributed by atoms with E-state index in [9.17, 15) is 75.7 Å². The van der Waals surface area contributed by atoms with Crippen LogP contribution in [-0.2, 0) is 42.8 Å². The molecule has 0 aromatic carbocycles. The summed E-state index contributed by atoms with van der Waals surface area (Å²) < 4.78 is 35.1. The van der Waals surface area contributed by atoms with Gasteiger partial charge in [0.05, 0.1) is 50.7 Å². The summed E-state index contributed by atoms with van der Waals surface area (Å²) in [7, 11) is 0. The molecule has 109 heavy (non-hydrogen) atoms. The van der Waals surface area contributed by atoms with Crippen LogP contribution in [0.2, 0.25) is 0 Å². The molecule has 644 valence electrons. The summed E-state index contributed by atoms with van der Waals surface area (Å²) in [6, 6.07) is -2.53. The average molecular weight is 1560 g/mol. The number of amides is 2. The number of carbonyl (C=O) groups excluding carboxylic acids is 2. The summed E-state index contributed by atoms with van der Waals surface area (Å²) in [5.41, 5.74) is 0. The number of hydrogen-bond donors (Lipinski definition) is 14. The van der Waals surface area contributed by atoms with Crippen LogP contribution in [0, 0.1) is 0 Å². The lowest BCUT2D eigenvalue weighted by atomic mass is 9.88. The summed E-state index contributed by atoms with van der Waals surface area (Å²) in [5, 5.41) is 137. The first-order valence-corrected chi connectivity index (χ1v) is 44.9. The van der Waals surface area contributed by atoms with Crippen LogP contribution in [0.15, 0.2) is 0 Å². The maximum absolute atomic E-state index is 13.6. The second-order valence-electron chi connectivity index (χ2n) is 32.8. The molecule has 3 saturated heterocycles. The monoisotopic (exact) mass is 1560 g/mol. The predicted octanol–water partition coefficient (Wildman–Crippen LogP) is 13.9. The topological polar surface area (TPSA) is 373 Å². The molecule has 0 radical (unpaired) electrons. The molecule has 3 rings (SSSR count). The van der Waals surface area contributed by atoms with Crippen molar-refractivity contribution in [2.45, 2.75) is 503 Å². The van der Waals surface area contributed by atoms with E-state index in [0.29, 0.717) is 19.3 Å². The molecule has 3 aliphatic rings. The van der Waals surface area contributed by atoms with Crippen LogP contribution in [0.1, 0.15) is 393 Å². The number of hydrogen-bond acceptors (Lipinski definition) is 20. The van der Waals surface area contributed by atoms with Gasteiger partial charge in [0.25, 0.3) is 5.79 Å².